The Morgan fingerprint density at radius 2 is 2.31 bits per heavy atom. The Morgan fingerprint density at radius 3 is 2.85 bits per heavy atom. The summed E-state index contributed by atoms with van der Waals surface area (Å²) in [6.45, 7) is 3.42. The Balaban J connectivity index is 2.23. The lowest BCUT2D eigenvalue weighted by molar-refractivity contribution is 0.205. The van der Waals surface area contributed by atoms with Crippen molar-refractivity contribution in [3.05, 3.63) is 18.7 Å². The van der Waals surface area contributed by atoms with Gasteiger partial charge in [-0.3, -0.25) is 0 Å². The van der Waals surface area contributed by atoms with Crippen molar-refractivity contribution in [2.45, 2.75) is 32.7 Å². The number of hydrogen-bond donors (Lipinski definition) is 1. The highest BCUT2D eigenvalue weighted by Gasteiger charge is 2.05. The topological polar surface area (TPSA) is 38.0 Å². The summed E-state index contributed by atoms with van der Waals surface area (Å²) >= 11 is 0. The Hall–Kier alpha value is -0.830. The van der Waals surface area contributed by atoms with Crippen molar-refractivity contribution in [1.29, 1.82) is 0 Å². The van der Waals surface area contributed by atoms with E-state index in [-0.39, 0.29) is 0 Å². The molecule has 0 saturated carbocycles. The van der Waals surface area contributed by atoms with Crippen LogP contribution < -0.4 is 0 Å². The minimum Gasteiger partial charge on any atom is -0.396 e. The van der Waals surface area contributed by atoms with Crippen LogP contribution in [0.1, 0.15) is 26.2 Å². The van der Waals surface area contributed by atoms with E-state index in [0.29, 0.717) is 12.5 Å². The van der Waals surface area contributed by atoms with Gasteiger partial charge in [0.1, 0.15) is 0 Å². The zero-order valence-corrected chi connectivity index (χ0v) is 8.19. The average Bonchev–Trinajstić information content (AvgIpc) is 2.64. The van der Waals surface area contributed by atoms with E-state index in [0.717, 1.165) is 25.8 Å². The third-order valence-electron chi connectivity index (χ3n) is 2.31. The van der Waals surface area contributed by atoms with Crippen LogP contribution in [0.3, 0.4) is 0 Å². The van der Waals surface area contributed by atoms with Gasteiger partial charge in [-0.05, 0) is 18.8 Å². The van der Waals surface area contributed by atoms with E-state index in [1.165, 1.54) is 0 Å². The monoisotopic (exact) mass is 182 g/mol. The third kappa shape index (κ3) is 3.59. The quantitative estimate of drug-likeness (QED) is 0.727. The molecule has 3 heteroatoms. The smallest absolute Gasteiger partial charge is 0.0945 e. The summed E-state index contributed by atoms with van der Waals surface area (Å²) < 4.78 is 2.05. The molecule has 1 atom stereocenters. The molecule has 0 aliphatic heterocycles. The molecular formula is C10H18N2O. The number of aryl methyl sites for hydroxylation is 1. The zero-order chi connectivity index (χ0) is 9.52. The first kappa shape index (κ1) is 10.3. The fraction of sp³-hybridized carbons (Fsp3) is 0.700. The first-order chi connectivity index (χ1) is 6.36. The second-order valence-electron chi connectivity index (χ2n) is 3.43. The van der Waals surface area contributed by atoms with E-state index in [2.05, 4.69) is 16.5 Å². The standard InChI is InChI=1S/C10H18N2O/c1-2-3-10(8-13)4-6-12-7-5-11-9-12/h5,7,9-10,13H,2-4,6,8H2,1H3/t10-/m0/s1. The zero-order valence-electron chi connectivity index (χ0n) is 8.19. The van der Waals surface area contributed by atoms with Crippen LogP contribution >= 0.6 is 0 Å². The van der Waals surface area contributed by atoms with Crippen molar-refractivity contribution in [2.75, 3.05) is 6.61 Å². The lowest BCUT2D eigenvalue weighted by atomic mass is 10.0. The lowest BCUT2D eigenvalue weighted by Crippen LogP contribution is -2.09. The molecule has 0 aliphatic rings. The number of imidazole rings is 1. The maximum atomic E-state index is 9.06. The van der Waals surface area contributed by atoms with Gasteiger partial charge < -0.3 is 9.67 Å². The molecule has 0 aliphatic carbocycles. The lowest BCUT2D eigenvalue weighted by Gasteiger charge is -2.12. The molecular weight excluding hydrogens is 164 g/mol. The fourth-order valence-electron chi connectivity index (χ4n) is 1.49. The predicted octanol–water partition coefficient (Wildman–Crippen LogP) is 1.68. The Bertz CT molecular complexity index is 209. The van der Waals surface area contributed by atoms with Crippen LogP contribution in [0.5, 0.6) is 0 Å². The maximum Gasteiger partial charge on any atom is 0.0945 e. The summed E-state index contributed by atoms with van der Waals surface area (Å²) in [5.74, 6) is 0.451. The average molecular weight is 182 g/mol. The molecule has 0 unspecified atom stereocenters. The maximum absolute atomic E-state index is 9.06. The second-order valence-corrected chi connectivity index (χ2v) is 3.43. The predicted molar refractivity (Wildman–Crippen MR) is 52.3 cm³/mol. The molecule has 3 nitrogen and oxygen atoms in total. The Labute approximate surface area is 79.4 Å². The van der Waals surface area contributed by atoms with Crippen LogP contribution in [0.4, 0.5) is 0 Å². The minimum absolute atomic E-state index is 0.308. The molecule has 0 bridgehead atoms. The van der Waals surface area contributed by atoms with Gasteiger partial charge in [-0.1, -0.05) is 13.3 Å². The SMILES string of the molecule is CCC[C@H](CO)CCn1ccnc1. The van der Waals surface area contributed by atoms with Gasteiger partial charge in [-0.2, -0.15) is 0 Å². The van der Waals surface area contributed by atoms with Crippen molar-refractivity contribution in [3.8, 4) is 0 Å². The summed E-state index contributed by atoms with van der Waals surface area (Å²) in [5.41, 5.74) is 0. The van der Waals surface area contributed by atoms with Gasteiger partial charge in [-0.25, -0.2) is 4.98 Å². The van der Waals surface area contributed by atoms with Crippen LogP contribution in [0.15, 0.2) is 18.7 Å². The Kier molecular flexibility index (Phi) is 4.54. The van der Waals surface area contributed by atoms with Crippen molar-refractivity contribution < 1.29 is 5.11 Å². The molecule has 1 aromatic rings. The molecule has 0 fully saturated rings. The van der Waals surface area contributed by atoms with Crippen molar-refractivity contribution in [2.24, 2.45) is 5.92 Å². The first-order valence-electron chi connectivity index (χ1n) is 4.93. The van der Waals surface area contributed by atoms with E-state index in [4.69, 9.17) is 5.11 Å². The molecule has 1 aromatic heterocycles. The van der Waals surface area contributed by atoms with Crippen molar-refractivity contribution >= 4 is 0 Å². The van der Waals surface area contributed by atoms with E-state index in [1.54, 1.807) is 6.20 Å². The summed E-state index contributed by atoms with van der Waals surface area (Å²) in [5, 5.41) is 9.06. The van der Waals surface area contributed by atoms with Gasteiger partial charge in [0.2, 0.25) is 0 Å². The number of aromatic nitrogens is 2. The molecule has 0 saturated heterocycles. The van der Waals surface area contributed by atoms with Gasteiger partial charge in [0, 0.05) is 25.5 Å². The fourth-order valence-corrected chi connectivity index (χ4v) is 1.49. The van der Waals surface area contributed by atoms with Crippen molar-refractivity contribution in [3.63, 3.8) is 0 Å². The van der Waals surface area contributed by atoms with Gasteiger partial charge in [0.25, 0.3) is 0 Å². The van der Waals surface area contributed by atoms with Crippen LogP contribution in [-0.2, 0) is 6.54 Å². The molecule has 1 heterocycles. The molecule has 74 valence electrons. The second kappa shape index (κ2) is 5.75. The van der Waals surface area contributed by atoms with Gasteiger partial charge in [0.15, 0.2) is 0 Å². The van der Waals surface area contributed by atoms with Crippen LogP contribution in [0.2, 0.25) is 0 Å². The molecule has 13 heavy (non-hydrogen) atoms. The van der Waals surface area contributed by atoms with E-state index >= 15 is 0 Å². The van der Waals surface area contributed by atoms with Crippen molar-refractivity contribution in [1.82, 2.24) is 9.55 Å². The van der Waals surface area contributed by atoms with Gasteiger partial charge >= 0.3 is 0 Å². The van der Waals surface area contributed by atoms with Gasteiger partial charge in [0.05, 0.1) is 6.33 Å². The summed E-state index contributed by atoms with van der Waals surface area (Å²) in [4.78, 5) is 3.97. The molecule has 0 amide bonds. The highest BCUT2D eigenvalue weighted by molar-refractivity contribution is 4.74. The third-order valence-corrected chi connectivity index (χ3v) is 2.31. The molecule has 0 radical (unpaired) electrons. The van der Waals surface area contributed by atoms with Crippen LogP contribution in [0, 0.1) is 5.92 Å². The number of aliphatic hydroxyl groups excluding tert-OH is 1. The Morgan fingerprint density at radius 1 is 1.46 bits per heavy atom. The summed E-state index contributed by atoms with van der Waals surface area (Å²) in [6, 6.07) is 0. The largest absolute Gasteiger partial charge is 0.396 e. The van der Waals surface area contributed by atoms with Crippen LogP contribution in [0.25, 0.3) is 0 Å². The molecule has 0 aromatic carbocycles. The number of hydrogen-bond acceptors (Lipinski definition) is 2. The number of nitrogens with zero attached hydrogens (tertiary/aromatic N) is 2. The first-order valence-corrected chi connectivity index (χ1v) is 4.93. The summed E-state index contributed by atoms with van der Waals surface area (Å²) in [6.07, 6.45) is 8.87. The highest BCUT2D eigenvalue weighted by Crippen LogP contribution is 2.11. The van der Waals surface area contributed by atoms with E-state index in [9.17, 15) is 0 Å². The number of rotatable bonds is 6. The molecule has 0 spiro atoms. The molecule has 1 rings (SSSR count). The van der Waals surface area contributed by atoms with E-state index in [1.807, 2.05) is 12.5 Å². The normalized spacial score (nSPS) is 13.1. The van der Waals surface area contributed by atoms with E-state index < -0.39 is 0 Å². The minimum atomic E-state index is 0.308. The summed E-state index contributed by atoms with van der Waals surface area (Å²) in [7, 11) is 0. The highest BCUT2D eigenvalue weighted by atomic mass is 16.3. The van der Waals surface area contributed by atoms with Gasteiger partial charge in [-0.15, -0.1) is 0 Å². The number of aliphatic hydroxyl groups is 1. The molecule has 1 N–H and O–H groups in total. The van der Waals surface area contributed by atoms with Crippen LogP contribution in [-0.4, -0.2) is 21.3 Å².